The third-order valence-electron chi connectivity index (χ3n) is 9.65. The molecule has 50 heavy (non-hydrogen) atoms. The van der Waals surface area contributed by atoms with Crippen molar-refractivity contribution in [3.8, 4) is 51.8 Å². The van der Waals surface area contributed by atoms with Crippen molar-refractivity contribution in [1.29, 1.82) is 15.8 Å². The minimum absolute atomic E-state index is 0.559. The number of hydrogen-bond donors (Lipinski definition) is 0. The maximum absolute atomic E-state index is 10.4. The molecule has 0 aliphatic carbocycles. The van der Waals surface area contributed by atoms with Gasteiger partial charge >= 0.3 is 0 Å². The number of para-hydroxylation sites is 4. The van der Waals surface area contributed by atoms with E-state index in [1.807, 2.05) is 84.9 Å². The molecule has 0 bridgehead atoms. The zero-order chi connectivity index (χ0) is 33.8. The molecule has 0 unspecified atom stereocenters. The van der Waals surface area contributed by atoms with Gasteiger partial charge in [-0.2, -0.15) is 15.8 Å². The van der Waals surface area contributed by atoms with Gasteiger partial charge in [0.05, 0.1) is 56.2 Å². The van der Waals surface area contributed by atoms with Crippen LogP contribution in [-0.2, 0) is 0 Å². The van der Waals surface area contributed by atoms with E-state index >= 15 is 0 Å². The van der Waals surface area contributed by atoms with Crippen molar-refractivity contribution in [3.05, 3.63) is 168 Å². The fraction of sp³-hybridized carbons (Fsp3) is 0. The molecule has 0 aliphatic rings. The summed E-state index contributed by atoms with van der Waals surface area (Å²) in [5.41, 5.74) is 11.5. The number of rotatable bonds is 4. The minimum Gasteiger partial charge on any atom is -0.308 e. The lowest BCUT2D eigenvalue weighted by Crippen LogP contribution is -1.99. The van der Waals surface area contributed by atoms with E-state index in [4.69, 9.17) is 0 Å². The summed E-state index contributed by atoms with van der Waals surface area (Å²) in [5, 5.41) is 34.2. The van der Waals surface area contributed by atoms with Crippen LogP contribution in [0.25, 0.3) is 77.2 Å². The molecule has 2 heterocycles. The lowest BCUT2D eigenvalue weighted by atomic mass is 9.97. The highest BCUT2D eigenvalue weighted by Gasteiger charge is 2.19. The Balaban J connectivity index is 1.14. The van der Waals surface area contributed by atoms with Crippen molar-refractivity contribution in [3.63, 3.8) is 0 Å². The third kappa shape index (κ3) is 4.31. The molecule has 9 rings (SSSR count). The topological polar surface area (TPSA) is 81.2 Å². The Labute approximate surface area is 287 Å². The van der Waals surface area contributed by atoms with Crippen LogP contribution in [-0.4, -0.2) is 9.13 Å². The van der Waals surface area contributed by atoms with E-state index in [-0.39, 0.29) is 0 Å². The van der Waals surface area contributed by atoms with Crippen LogP contribution in [0.1, 0.15) is 16.7 Å². The third-order valence-corrected chi connectivity index (χ3v) is 9.65. The number of aromatic nitrogens is 2. The molecule has 0 amide bonds. The van der Waals surface area contributed by atoms with Crippen molar-refractivity contribution in [2.45, 2.75) is 0 Å². The van der Waals surface area contributed by atoms with E-state index in [1.54, 1.807) is 0 Å². The lowest BCUT2D eigenvalue weighted by molar-refractivity contribution is 1.17. The Morgan fingerprint density at radius 3 is 1.76 bits per heavy atom. The zero-order valence-electron chi connectivity index (χ0n) is 26.7. The predicted molar refractivity (Wildman–Crippen MR) is 200 cm³/mol. The molecular formula is C45H25N5. The summed E-state index contributed by atoms with van der Waals surface area (Å²) in [6, 6.07) is 57.8. The summed E-state index contributed by atoms with van der Waals surface area (Å²) in [5.74, 6) is 0. The van der Waals surface area contributed by atoms with Gasteiger partial charge in [0.2, 0.25) is 0 Å². The van der Waals surface area contributed by atoms with Crippen molar-refractivity contribution >= 4 is 43.6 Å². The fourth-order valence-electron chi connectivity index (χ4n) is 7.42. The molecule has 5 heteroatoms. The second-order valence-electron chi connectivity index (χ2n) is 12.3. The highest BCUT2D eigenvalue weighted by molar-refractivity contribution is 6.12. The number of fused-ring (bicyclic) bond motifs is 6. The lowest BCUT2D eigenvalue weighted by Gasteiger charge is -2.15. The molecular weight excluding hydrogens is 611 g/mol. The average molecular weight is 636 g/mol. The summed E-state index contributed by atoms with van der Waals surface area (Å²) in [6.45, 7) is 0. The van der Waals surface area contributed by atoms with Crippen molar-refractivity contribution < 1.29 is 0 Å². The summed E-state index contributed by atoms with van der Waals surface area (Å²) in [4.78, 5) is 0. The first kappa shape index (κ1) is 28.8. The largest absolute Gasteiger partial charge is 0.308 e. The van der Waals surface area contributed by atoms with Crippen molar-refractivity contribution in [1.82, 2.24) is 9.13 Å². The molecule has 0 N–H and O–H groups in total. The van der Waals surface area contributed by atoms with Gasteiger partial charge in [0.25, 0.3) is 0 Å². The Morgan fingerprint density at radius 2 is 1.00 bits per heavy atom. The van der Waals surface area contributed by atoms with Gasteiger partial charge in [-0.25, -0.2) is 0 Å². The van der Waals surface area contributed by atoms with Gasteiger partial charge in [0.1, 0.15) is 12.1 Å². The van der Waals surface area contributed by atoms with E-state index in [0.29, 0.717) is 16.7 Å². The van der Waals surface area contributed by atoms with Crippen LogP contribution in [0.5, 0.6) is 0 Å². The predicted octanol–water partition coefficient (Wildman–Crippen LogP) is 10.8. The SMILES string of the molecule is N#Cc1ccc2c(c1)c1ccccc1n2-c1ccc(-c2ccc(-c3ccccc3-n3c4ccccc4c4cccc(C#N)c43)cc2)cc1C#N. The monoisotopic (exact) mass is 635 g/mol. The smallest absolute Gasteiger partial charge is 0.101 e. The van der Waals surface area contributed by atoms with Gasteiger partial charge in [0, 0.05) is 27.1 Å². The first-order valence-electron chi connectivity index (χ1n) is 16.3. The Kier molecular flexibility index (Phi) is 6.56. The molecule has 0 aliphatic heterocycles. The van der Waals surface area contributed by atoms with E-state index in [2.05, 4.69) is 94.1 Å². The second kappa shape index (κ2) is 11.4. The van der Waals surface area contributed by atoms with Crippen LogP contribution in [0.2, 0.25) is 0 Å². The van der Waals surface area contributed by atoms with Crippen LogP contribution in [0.15, 0.2) is 152 Å². The number of nitrogens with zero attached hydrogens (tertiary/aromatic N) is 5. The first-order chi connectivity index (χ1) is 24.7. The molecule has 0 atom stereocenters. The molecule has 2 aromatic heterocycles. The first-order valence-corrected chi connectivity index (χ1v) is 16.3. The van der Waals surface area contributed by atoms with Gasteiger partial charge in [-0.15, -0.1) is 0 Å². The van der Waals surface area contributed by atoms with E-state index in [9.17, 15) is 15.8 Å². The summed E-state index contributed by atoms with van der Waals surface area (Å²) in [6.07, 6.45) is 0. The second-order valence-corrected chi connectivity index (χ2v) is 12.3. The molecule has 7 aromatic carbocycles. The molecule has 9 aromatic rings. The fourth-order valence-corrected chi connectivity index (χ4v) is 7.42. The van der Waals surface area contributed by atoms with Gasteiger partial charge in [-0.05, 0) is 71.3 Å². The Hall–Kier alpha value is -7.39. The van der Waals surface area contributed by atoms with Crippen LogP contribution >= 0.6 is 0 Å². The summed E-state index contributed by atoms with van der Waals surface area (Å²) < 4.78 is 4.32. The molecule has 0 saturated carbocycles. The molecule has 0 fully saturated rings. The van der Waals surface area contributed by atoms with Crippen LogP contribution < -0.4 is 0 Å². The highest BCUT2D eigenvalue weighted by atomic mass is 15.0. The van der Waals surface area contributed by atoms with Gasteiger partial charge in [-0.3, -0.25) is 0 Å². The number of hydrogen-bond acceptors (Lipinski definition) is 3. The Bertz CT molecular complexity index is 2960. The number of benzene rings is 7. The van der Waals surface area contributed by atoms with Gasteiger partial charge < -0.3 is 9.13 Å². The van der Waals surface area contributed by atoms with E-state index in [0.717, 1.165) is 77.2 Å². The Morgan fingerprint density at radius 1 is 0.380 bits per heavy atom. The maximum atomic E-state index is 10.4. The average Bonchev–Trinajstić information content (AvgIpc) is 3.70. The van der Waals surface area contributed by atoms with Crippen molar-refractivity contribution in [2.24, 2.45) is 0 Å². The normalized spacial score (nSPS) is 11.1. The zero-order valence-corrected chi connectivity index (χ0v) is 26.7. The van der Waals surface area contributed by atoms with Crippen molar-refractivity contribution in [2.75, 3.05) is 0 Å². The van der Waals surface area contributed by atoms with E-state index < -0.39 is 0 Å². The standard InChI is InChI=1S/C45H25N5/c46-26-29-16-22-44-39(24-29)37-11-3-5-14-42(37)49(44)40-23-21-32(25-34(40)28-48)30-17-19-31(20-18-30)35-9-1-4-13-41(35)50-43-15-6-2-10-36(43)38-12-7-8-33(27-47)45(38)50/h1-25H. The molecule has 0 radical (unpaired) electrons. The van der Waals surface area contributed by atoms with Crippen LogP contribution in [0, 0.1) is 34.0 Å². The van der Waals surface area contributed by atoms with Crippen LogP contribution in [0.4, 0.5) is 0 Å². The van der Waals surface area contributed by atoms with Crippen LogP contribution in [0.3, 0.4) is 0 Å². The minimum atomic E-state index is 0.559. The van der Waals surface area contributed by atoms with E-state index in [1.165, 1.54) is 0 Å². The molecule has 5 nitrogen and oxygen atoms in total. The maximum Gasteiger partial charge on any atom is 0.101 e. The number of nitriles is 3. The molecule has 230 valence electrons. The van der Waals surface area contributed by atoms with Gasteiger partial charge in [-0.1, -0.05) is 97.1 Å². The highest BCUT2D eigenvalue weighted by Crippen LogP contribution is 2.39. The molecule has 0 spiro atoms. The summed E-state index contributed by atoms with van der Waals surface area (Å²) >= 11 is 0. The summed E-state index contributed by atoms with van der Waals surface area (Å²) in [7, 11) is 0. The van der Waals surface area contributed by atoms with Gasteiger partial charge in [0.15, 0.2) is 0 Å². The molecule has 0 saturated heterocycles. The quantitative estimate of drug-likeness (QED) is 0.193.